The van der Waals surface area contributed by atoms with E-state index >= 15 is 0 Å². The first-order valence-electron chi connectivity index (χ1n) is 7.33. The molecule has 1 aromatic rings. The number of rotatable bonds is 5. The van der Waals surface area contributed by atoms with Gasteiger partial charge in [-0.05, 0) is 24.5 Å². The van der Waals surface area contributed by atoms with E-state index < -0.39 is 11.9 Å². The number of fused-ring (bicyclic) bond motifs is 1. The van der Waals surface area contributed by atoms with Crippen molar-refractivity contribution in [2.24, 2.45) is 5.92 Å². The zero-order valence-corrected chi connectivity index (χ0v) is 12.8. The van der Waals surface area contributed by atoms with E-state index in [9.17, 15) is 9.59 Å². The molecule has 0 unspecified atom stereocenters. The van der Waals surface area contributed by atoms with Gasteiger partial charge in [0.05, 0.1) is 11.8 Å². The number of aliphatic carboxylic acids is 1. The number of carboxylic acids is 1. The molecular formula is C16H19NO3S. The van der Waals surface area contributed by atoms with Crippen LogP contribution in [0.1, 0.15) is 31.2 Å². The summed E-state index contributed by atoms with van der Waals surface area (Å²) in [6.07, 6.45) is 2.00. The van der Waals surface area contributed by atoms with E-state index in [0.717, 1.165) is 24.2 Å². The van der Waals surface area contributed by atoms with Crippen LogP contribution in [-0.2, 0) is 9.59 Å². The third-order valence-electron chi connectivity index (χ3n) is 4.16. The fraction of sp³-hybridized carbons (Fsp3) is 0.500. The highest BCUT2D eigenvalue weighted by Crippen LogP contribution is 2.41. The van der Waals surface area contributed by atoms with E-state index in [1.807, 2.05) is 23.1 Å². The maximum Gasteiger partial charge on any atom is 0.308 e. The number of amides is 1. The molecule has 0 radical (unpaired) electrons. The van der Waals surface area contributed by atoms with Crippen LogP contribution in [0, 0.1) is 5.92 Å². The Kier molecular flexibility index (Phi) is 3.93. The van der Waals surface area contributed by atoms with Crippen LogP contribution in [0.15, 0.2) is 29.2 Å². The minimum atomic E-state index is -0.838. The third-order valence-corrected chi connectivity index (χ3v) is 5.34. The topological polar surface area (TPSA) is 57.6 Å². The molecule has 21 heavy (non-hydrogen) atoms. The van der Waals surface area contributed by atoms with Crippen molar-refractivity contribution in [1.82, 2.24) is 4.90 Å². The van der Waals surface area contributed by atoms with Gasteiger partial charge in [-0.2, -0.15) is 0 Å². The molecule has 0 saturated heterocycles. The van der Waals surface area contributed by atoms with E-state index in [2.05, 4.69) is 6.07 Å². The van der Waals surface area contributed by atoms with Gasteiger partial charge in [0.15, 0.2) is 0 Å². The lowest BCUT2D eigenvalue weighted by atomic mass is 9.99. The van der Waals surface area contributed by atoms with Crippen molar-refractivity contribution in [2.45, 2.75) is 36.6 Å². The Bertz CT molecular complexity index is 570. The van der Waals surface area contributed by atoms with Gasteiger partial charge in [-0.25, -0.2) is 0 Å². The van der Waals surface area contributed by atoms with Crippen LogP contribution in [-0.4, -0.2) is 40.2 Å². The van der Waals surface area contributed by atoms with Gasteiger partial charge < -0.3 is 10.0 Å². The van der Waals surface area contributed by atoms with Crippen LogP contribution < -0.4 is 0 Å². The number of carbonyl (C=O) groups excluding carboxylic acids is 1. The second-order valence-electron chi connectivity index (χ2n) is 5.86. The normalized spacial score (nSPS) is 21.7. The smallest absolute Gasteiger partial charge is 0.308 e. The summed E-state index contributed by atoms with van der Waals surface area (Å²) >= 11 is 1.72. The molecule has 1 N–H and O–H groups in total. The molecular weight excluding hydrogens is 286 g/mol. The number of hydrogen-bond donors (Lipinski definition) is 1. The minimum Gasteiger partial charge on any atom is -0.481 e. The van der Waals surface area contributed by atoms with Gasteiger partial charge >= 0.3 is 5.97 Å². The van der Waals surface area contributed by atoms with Gasteiger partial charge in [-0.1, -0.05) is 25.1 Å². The fourth-order valence-corrected chi connectivity index (χ4v) is 3.97. The van der Waals surface area contributed by atoms with Crippen LogP contribution in [0.25, 0.3) is 0 Å². The molecule has 0 spiro atoms. The standard InChI is InChI=1S/C16H19NO3S/c1-10(16(19)20)8-17(11-6-7-11)15(18)13-9-21-14-5-3-2-4-12(13)14/h2-5,10-11,13H,6-9H2,1H3,(H,19,20)/t10-,13-/m0/s1. The molecule has 5 heteroatoms. The van der Waals surface area contributed by atoms with Crippen LogP contribution in [0.4, 0.5) is 0 Å². The van der Waals surface area contributed by atoms with E-state index in [4.69, 9.17) is 5.11 Å². The Morgan fingerprint density at radius 1 is 1.38 bits per heavy atom. The molecule has 0 aromatic heterocycles. The van der Waals surface area contributed by atoms with E-state index in [1.165, 1.54) is 4.90 Å². The molecule has 1 aliphatic heterocycles. The van der Waals surface area contributed by atoms with Gasteiger partial charge in [0.25, 0.3) is 0 Å². The van der Waals surface area contributed by atoms with Crippen molar-refractivity contribution in [1.29, 1.82) is 0 Å². The maximum absolute atomic E-state index is 12.9. The van der Waals surface area contributed by atoms with Gasteiger partial charge in [-0.15, -0.1) is 11.8 Å². The summed E-state index contributed by atoms with van der Waals surface area (Å²) in [7, 11) is 0. The number of thioether (sulfide) groups is 1. The van der Waals surface area contributed by atoms with Crippen molar-refractivity contribution < 1.29 is 14.7 Å². The molecule has 1 heterocycles. The number of benzene rings is 1. The van der Waals surface area contributed by atoms with E-state index in [-0.39, 0.29) is 17.9 Å². The quantitative estimate of drug-likeness (QED) is 0.908. The van der Waals surface area contributed by atoms with Crippen molar-refractivity contribution in [3.63, 3.8) is 0 Å². The Labute approximate surface area is 128 Å². The Hall–Kier alpha value is -1.49. The first-order valence-corrected chi connectivity index (χ1v) is 8.31. The Morgan fingerprint density at radius 2 is 2.10 bits per heavy atom. The summed E-state index contributed by atoms with van der Waals surface area (Å²) in [5.41, 5.74) is 1.10. The molecule has 2 atom stereocenters. The predicted octanol–water partition coefficient (Wildman–Crippen LogP) is 2.59. The minimum absolute atomic E-state index is 0.100. The number of hydrogen-bond acceptors (Lipinski definition) is 3. The zero-order valence-electron chi connectivity index (χ0n) is 12.0. The molecule has 2 aliphatic rings. The van der Waals surface area contributed by atoms with Gasteiger partial charge in [0.1, 0.15) is 0 Å². The average molecular weight is 305 g/mol. The van der Waals surface area contributed by atoms with E-state index in [0.29, 0.717) is 6.54 Å². The van der Waals surface area contributed by atoms with E-state index in [1.54, 1.807) is 18.7 Å². The largest absolute Gasteiger partial charge is 0.481 e. The van der Waals surface area contributed by atoms with Gasteiger partial charge in [0, 0.05) is 23.2 Å². The molecule has 112 valence electrons. The lowest BCUT2D eigenvalue weighted by Crippen LogP contribution is -2.41. The first-order chi connectivity index (χ1) is 10.1. The molecule has 1 aromatic carbocycles. The highest BCUT2D eigenvalue weighted by molar-refractivity contribution is 7.99. The third kappa shape index (κ3) is 2.93. The highest BCUT2D eigenvalue weighted by atomic mass is 32.2. The van der Waals surface area contributed by atoms with Crippen molar-refractivity contribution in [3.8, 4) is 0 Å². The molecule has 4 nitrogen and oxygen atoms in total. The Morgan fingerprint density at radius 3 is 2.76 bits per heavy atom. The predicted molar refractivity (Wildman–Crippen MR) is 81.4 cm³/mol. The summed E-state index contributed by atoms with van der Waals surface area (Å²) in [6, 6.07) is 8.27. The van der Waals surface area contributed by atoms with Crippen LogP contribution in [0.3, 0.4) is 0 Å². The summed E-state index contributed by atoms with van der Waals surface area (Å²) in [6.45, 7) is 1.99. The maximum atomic E-state index is 12.9. The molecule has 1 amide bonds. The molecule has 1 aliphatic carbocycles. The lowest BCUT2D eigenvalue weighted by Gasteiger charge is -2.27. The number of carbonyl (C=O) groups is 2. The first kappa shape index (κ1) is 14.4. The summed E-state index contributed by atoms with van der Waals surface area (Å²) < 4.78 is 0. The number of carboxylic acid groups (broad SMARTS) is 1. The molecule has 1 saturated carbocycles. The average Bonchev–Trinajstić information content (AvgIpc) is 3.22. The van der Waals surface area contributed by atoms with Crippen molar-refractivity contribution >= 4 is 23.6 Å². The van der Waals surface area contributed by atoms with Crippen LogP contribution in [0.5, 0.6) is 0 Å². The lowest BCUT2D eigenvalue weighted by molar-refractivity contribution is -0.143. The molecule has 3 rings (SSSR count). The molecule has 0 bridgehead atoms. The van der Waals surface area contributed by atoms with Crippen LogP contribution in [0.2, 0.25) is 0 Å². The van der Waals surface area contributed by atoms with Crippen molar-refractivity contribution in [2.75, 3.05) is 12.3 Å². The number of nitrogens with zero attached hydrogens (tertiary/aromatic N) is 1. The molecule has 1 fully saturated rings. The highest BCUT2D eigenvalue weighted by Gasteiger charge is 2.39. The van der Waals surface area contributed by atoms with Crippen molar-refractivity contribution in [3.05, 3.63) is 29.8 Å². The zero-order chi connectivity index (χ0) is 15.0. The summed E-state index contributed by atoms with van der Waals surface area (Å²) in [5, 5.41) is 9.10. The van der Waals surface area contributed by atoms with Gasteiger partial charge in [0.2, 0.25) is 5.91 Å². The monoisotopic (exact) mass is 305 g/mol. The fourth-order valence-electron chi connectivity index (χ4n) is 2.75. The second-order valence-corrected chi connectivity index (χ2v) is 6.92. The van der Waals surface area contributed by atoms with Gasteiger partial charge in [-0.3, -0.25) is 9.59 Å². The van der Waals surface area contributed by atoms with Crippen LogP contribution >= 0.6 is 11.8 Å². The summed E-state index contributed by atoms with van der Waals surface area (Å²) in [4.78, 5) is 26.9. The SMILES string of the molecule is C[C@@H](CN(C(=O)[C@H]1CSc2ccccc21)C1CC1)C(=O)O. The summed E-state index contributed by atoms with van der Waals surface area (Å²) in [5.74, 6) is -0.604. The second kappa shape index (κ2) is 5.72. The Balaban J connectivity index is 1.78.